The molecule has 0 amide bonds. The molecule has 0 aliphatic carbocycles. The first kappa shape index (κ1) is 18.7. The lowest BCUT2D eigenvalue weighted by atomic mass is 10.1. The second kappa shape index (κ2) is 7.43. The fraction of sp³-hybridized carbons (Fsp3) is 0.400. The summed E-state index contributed by atoms with van der Waals surface area (Å²) < 4.78 is 33.7. The first-order valence-electron chi connectivity index (χ1n) is 9.16. The molecule has 5 nitrogen and oxygen atoms in total. The molecule has 144 valence electrons. The second-order valence-corrected chi connectivity index (χ2v) is 9.58. The van der Waals surface area contributed by atoms with Crippen molar-refractivity contribution in [2.75, 3.05) is 20.1 Å². The van der Waals surface area contributed by atoms with Crippen LogP contribution in [0.1, 0.15) is 18.4 Å². The number of para-hydroxylation sites is 1. The molecule has 2 atom stereocenters. The number of nitrogens with zero attached hydrogens (tertiary/aromatic N) is 2. The average Bonchev–Trinajstić information content (AvgIpc) is 2.87. The lowest BCUT2D eigenvalue weighted by molar-refractivity contribution is 0.122. The van der Waals surface area contributed by atoms with Gasteiger partial charge in [0.1, 0.15) is 16.7 Å². The Hall–Kier alpha value is -1.60. The molecule has 1 saturated heterocycles. The fourth-order valence-electron chi connectivity index (χ4n) is 3.98. The summed E-state index contributed by atoms with van der Waals surface area (Å²) in [6.07, 6.45) is 1.35. The number of sulfonamides is 1. The van der Waals surface area contributed by atoms with E-state index in [9.17, 15) is 8.42 Å². The Kier molecular flexibility index (Phi) is 5.16. The molecular formula is C20H23ClN2O3S. The molecule has 0 N–H and O–H groups in total. The monoisotopic (exact) mass is 406 g/mol. The van der Waals surface area contributed by atoms with Gasteiger partial charge in [-0.2, -0.15) is 4.31 Å². The number of halogens is 1. The Bertz CT molecular complexity index is 934. The highest BCUT2D eigenvalue weighted by atomic mass is 35.5. The zero-order valence-electron chi connectivity index (χ0n) is 15.2. The molecule has 2 aliphatic heterocycles. The normalized spacial score (nSPS) is 25.6. The minimum absolute atomic E-state index is 0.155. The average molecular weight is 407 g/mol. The molecule has 0 aromatic heterocycles. The minimum atomic E-state index is -3.55. The molecule has 0 unspecified atom stereocenters. The number of likely N-dealkylation sites (N-methyl/N-ethyl adjacent to an activating group) is 1. The van der Waals surface area contributed by atoms with Gasteiger partial charge < -0.3 is 4.74 Å². The SMILES string of the molecule is CN1[C@@H]2CCN(Cc3cccc(Cl)c3)CC[C@H]2Oc2ccccc2S1(=O)=O. The Morgan fingerprint density at radius 2 is 1.89 bits per heavy atom. The van der Waals surface area contributed by atoms with Crippen molar-refractivity contribution >= 4 is 21.6 Å². The van der Waals surface area contributed by atoms with Gasteiger partial charge in [0.05, 0.1) is 6.04 Å². The Labute approximate surface area is 165 Å². The van der Waals surface area contributed by atoms with Gasteiger partial charge in [-0.1, -0.05) is 35.9 Å². The van der Waals surface area contributed by atoms with Crippen LogP contribution < -0.4 is 4.74 Å². The third-order valence-electron chi connectivity index (χ3n) is 5.45. The van der Waals surface area contributed by atoms with Gasteiger partial charge in [-0.05, 0) is 42.7 Å². The topological polar surface area (TPSA) is 49.9 Å². The van der Waals surface area contributed by atoms with E-state index in [1.54, 1.807) is 25.2 Å². The quantitative estimate of drug-likeness (QED) is 0.767. The largest absolute Gasteiger partial charge is 0.487 e. The third kappa shape index (κ3) is 3.72. The lowest BCUT2D eigenvalue weighted by Gasteiger charge is -2.28. The number of hydrogen-bond acceptors (Lipinski definition) is 4. The van der Waals surface area contributed by atoms with Crippen molar-refractivity contribution in [1.29, 1.82) is 0 Å². The molecule has 2 aromatic rings. The minimum Gasteiger partial charge on any atom is -0.487 e. The van der Waals surface area contributed by atoms with Crippen LogP contribution in [0.5, 0.6) is 5.75 Å². The molecule has 4 rings (SSSR count). The third-order valence-corrected chi connectivity index (χ3v) is 7.60. The molecule has 2 aromatic carbocycles. The summed E-state index contributed by atoms with van der Waals surface area (Å²) in [5.74, 6) is 0.458. The van der Waals surface area contributed by atoms with Crippen LogP contribution in [-0.4, -0.2) is 49.9 Å². The van der Waals surface area contributed by atoms with Crippen LogP contribution in [0, 0.1) is 0 Å². The maximum Gasteiger partial charge on any atom is 0.246 e. The molecule has 0 saturated carbocycles. The standard InChI is InChI=1S/C20H23ClN2O3S/c1-22-17-9-11-23(14-15-5-4-6-16(21)13-15)12-10-18(17)26-19-7-2-3-8-20(19)27(22,24)25/h2-8,13,17-18H,9-12,14H2,1H3/t17-,18-/m1/s1. The van der Waals surface area contributed by atoms with Crippen molar-refractivity contribution < 1.29 is 13.2 Å². The van der Waals surface area contributed by atoms with Crippen LogP contribution >= 0.6 is 11.6 Å². The van der Waals surface area contributed by atoms with Gasteiger partial charge >= 0.3 is 0 Å². The Morgan fingerprint density at radius 3 is 2.70 bits per heavy atom. The van der Waals surface area contributed by atoms with E-state index in [0.717, 1.165) is 43.1 Å². The van der Waals surface area contributed by atoms with Gasteiger partial charge in [-0.25, -0.2) is 8.42 Å². The molecule has 0 radical (unpaired) electrons. The van der Waals surface area contributed by atoms with Crippen LogP contribution in [0.4, 0.5) is 0 Å². The summed E-state index contributed by atoms with van der Waals surface area (Å²) in [7, 11) is -1.88. The van der Waals surface area contributed by atoms with Crippen LogP contribution in [0.25, 0.3) is 0 Å². The second-order valence-electron chi connectivity index (χ2n) is 7.18. The first-order valence-corrected chi connectivity index (χ1v) is 11.0. The zero-order chi connectivity index (χ0) is 19.0. The first-order chi connectivity index (χ1) is 12.9. The summed E-state index contributed by atoms with van der Waals surface area (Å²) in [6, 6.07) is 14.6. The molecule has 0 spiro atoms. The zero-order valence-corrected chi connectivity index (χ0v) is 16.8. The van der Waals surface area contributed by atoms with E-state index in [1.165, 1.54) is 4.31 Å². The van der Waals surface area contributed by atoms with Crippen molar-refractivity contribution in [2.24, 2.45) is 0 Å². The van der Waals surface area contributed by atoms with Crippen molar-refractivity contribution in [2.45, 2.75) is 36.4 Å². The summed E-state index contributed by atoms with van der Waals surface area (Å²) in [5.41, 5.74) is 1.16. The molecule has 2 heterocycles. The van der Waals surface area contributed by atoms with Gasteiger partial charge in [0.2, 0.25) is 10.0 Å². The molecule has 0 bridgehead atoms. The van der Waals surface area contributed by atoms with Gasteiger partial charge in [0.15, 0.2) is 0 Å². The molecule has 27 heavy (non-hydrogen) atoms. The fourth-order valence-corrected chi connectivity index (χ4v) is 5.72. The van der Waals surface area contributed by atoms with Crippen LogP contribution in [0.2, 0.25) is 5.02 Å². The highest BCUT2D eigenvalue weighted by Gasteiger charge is 2.41. The summed E-state index contributed by atoms with van der Waals surface area (Å²) in [4.78, 5) is 2.60. The Morgan fingerprint density at radius 1 is 1.11 bits per heavy atom. The van der Waals surface area contributed by atoms with Gasteiger partial charge in [-0.3, -0.25) is 4.90 Å². The van der Waals surface area contributed by atoms with E-state index in [1.807, 2.05) is 24.3 Å². The van der Waals surface area contributed by atoms with Crippen LogP contribution in [0.3, 0.4) is 0 Å². The summed E-state index contributed by atoms with van der Waals surface area (Å²) in [5, 5.41) is 0.734. The van der Waals surface area contributed by atoms with E-state index in [2.05, 4.69) is 11.0 Å². The van der Waals surface area contributed by atoms with Gasteiger partial charge in [0.25, 0.3) is 0 Å². The maximum absolute atomic E-state index is 13.0. The predicted molar refractivity (Wildman–Crippen MR) is 106 cm³/mol. The lowest BCUT2D eigenvalue weighted by Crippen LogP contribution is -2.44. The van der Waals surface area contributed by atoms with Crippen molar-refractivity contribution in [1.82, 2.24) is 9.21 Å². The van der Waals surface area contributed by atoms with Crippen molar-refractivity contribution in [3.05, 3.63) is 59.1 Å². The van der Waals surface area contributed by atoms with Crippen LogP contribution in [-0.2, 0) is 16.6 Å². The van der Waals surface area contributed by atoms with E-state index in [4.69, 9.17) is 16.3 Å². The molecule has 2 aliphatic rings. The van der Waals surface area contributed by atoms with E-state index >= 15 is 0 Å². The number of hydrogen-bond donors (Lipinski definition) is 0. The number of fused-ring (bicyclic) bond motifs is 2. The summed E-state index contributed by atoms with van der Waals surface area (Å²) in [6.45, 7) is 2.46. The Balaban J connectivity index is 1.57. The van der Waals surface area contributed by atoms with Gasteiger partial charge in [-0.15, -0.1) is 0 Å². The van der Waals surface area contributed by atoms with Crippen molar-refractivity contribution in [3.8, 4) is 5.75 Å². The molecular weight excluding hydrogens is 384 g/mol. The smallest absolute Gasteiger partial charge is 0.246 e. The highest BCUT2D eigenvalue weighted by molar-refractivity contribution is 7.89. The summed E-state index contributed by atoms with van der Waals surface area (Å²) >= 11 is 6.10. The van der Waals surface area contributed by atoms with E-state index in [0.29, 0.717) is 5.75 Å². The highest BCUT2D eigenvalue weighted by Crippen LogP contribution is 2.35. The van der Waals surface area contributed by atoms with Crippen LogP contribution in [0.15, 0.2) is 53.4 Å². The number of likely N-dealkylation sites (tertiary alicyclic amines) is 1. The number of ether oxygens (including phenoxy) is 1. The maximum atomic E-state index is 13.0. The molecule has 1 fully saturated rings. The number of benzene rings is 2. The predicted octanol–water partition coefficient (Wildman–Crippen LogP) is 3.39. The van der Waals surface area contributed by atoms with Crippen molar-refractivity contribution in [3.63, 3.8) is 0 Å². The molecule has 7 heteroatoms. The van der Waals surface area contributed by atoms with Gasteiger partial charge in [0, 0.05) is 31.7 Å². The van der Waals surface area contributed by atoms with E-state index in [-0.39, 0.29) is 17.0 Å². The van der Waals surface area contributed by atoms with E-state index < -0.39 is 10.0 Å². The number of rotatable bonds is 2.